The zero-order valence-electron chi connectivity index (χ0n) is 9.99. The molecule has 100 valence electrons. The minimum Gasteiger partial charge on any atom is -0.330 e. The fraction of sp³-hybridized carbons (Fsp3) is 0.500. The zero-order valence-corrected chi connectivity index (χ0v) is 10.8. The fourth-order valence-corrected chi connectivity index (χ4v) is 3.13. The van der Waals surface area contributed by atoms with E-state index in [4.69, 9.17) is 5.73 Å². The Hall–Kier alpha value is -1.01. The summed E-state index contributed by atoms with van der Waals surface area (Å²) in [6.45, 7) is 0.0931. The Bertz CT molecular complexity index is 561. The van der Waals surface area contributed by atoms with E-state index < -0.39 is 21.2 Å². The molecule has 0 unspecified atom stereocenters. The van der Waals surface area contributed by atoms with E-state index in [0.717, 1.165) is 6.26 Å². The molecule has 1 saturated carbocycles. The zero-order chi connectivity index (χ0) is 13.6. The summed E-state index contributed by atoms with van der Waals surface area (Å²) in [5.41, 5.74) is 5.39. The Balaban J connectivity index is 2.40. The molecule has 1 fully saturated rings. The lowest BCUT2D eigenvalue weighted by atomic mass is 9.62. The maximum absolute atomic E-state index is 13.1. The largest absolute Gasteiger partial charge is 0.330 e. The smallest absolute Gasteiger partial charge is 0.250 e. The molecular formula is C12H15F2NO2S. The first-order valence-corrected chi connectivity index (χ1v) is 7.46. The first kappa shape index (κ1) is 13.4. The lowest BCUT2D eigenvalue weighted by molar-refractivity contribution is -0.123. The van der Waals surface area contributed by atoms with Gasteiger partial charge in [-0.1, -0.05) is 12.1 Å². The van der Waals surface area contributed by atoms with Crippen molar-refractivity contribution in [2.24, 2.45) is 5.73 Å². The molecule has 0 heterocycles. The van der Waals surface area contributed by atoms with Crippen LogP contribution in [0.15, 0.2) is 29.2 Å². The van der Waals surface area contributed by atoms with E-state index in [1.807, 2.05) is 0 Å². The second kappa shape index (κ2) is 3.99. The first-order chi connectivity index (χ1) is 8.19. The van der Waals surface area contributed by atoms with E-state index in [1.165, 1.54) is 12.1 Å². The molecule has 0 radical (unpaired) electrons. The molecule has 0 bridgehead atoms. The quantitative estimate of drug-likeness (QED) is 0.913. The van der Waals surface area contributed by atoms with Crippen LogP contribution in [0.25, 0.3) is 0 Å². The van der Waals surface area contributed by atoms with Crippen LogP contribution in [0, 0.1) is 0 Å². The lowest BCUT2D eigenvalue weighted by Gasteiger charge is -2.47. The van der Waals surface area contributed by atoms with Gasteiger partial charge in [0.15, 0.2) is 9.84 Å². The number of sulfone groups is 1. The minimum absolute atomic E-state index is 0.0931. The van der Waals surface area contributed by atoms with Crippen LogP contribution in [0.3, 0.4) is 0 Å². The average Bonchev–Trinajstić information content (AvgIpc) is 2.24. The Morgan fingerprint density at radius 3 is 2.39 bits per heavy atom. The van der Waals surface area contributed by atoms with Crippen molar-refractivity contribution in [3.8, 4) is 0 Å². The highest BCUT2D eigenvalue weighted by Gasteiger charge is 2.56. The predicted octanol–water partition coefficient (Wildman–Crippen LogP) is 1.72. The lowest BCUT2D eigenvalue weighted by Crippen LogP contribution is -2.53. The number of hydrogen-bond donors (Lipinski definition) is 1. The highest BCUT2D eigenvalue weighted by atomic mass is 32.2. The Morgan fingerprint density at radius 1 is 1.33 bits per heavy atom. The molecule has 18 heavy (non-hydrogen) atoms. The van der Waals surface area contributed by atoms with Gasteiger partial charge < -0.3 is 5.73 Å². The monoisotopic (exact) mass is 275 g/mol. The van der Waals surface area contributed by atoms with Gasteiger partial charge in [0.1, 0.15) is 0 Å². The summed E-state index contributed by atoms with van der Waals surface area (Å²) >= 11 is 0. The van der Waals surface area contributed by atoms with Crippen molar-refractivity contribution in [1.29, 1.82) is 0 Å². The predicted molar refractivity (Wildman–Crippen MR) is 64.5 cm³/mol. The summed E-state index contributed by atoms with van der Waals surface area (Å²) < 4.78 is 49.0. The molecule has 0 saturated heterocycles. The van der Waals surface area contributed by atoms with Gasteiger partial charge in [-0.25, -0.2) is 17.2 Å². The third-order valence-electron chi connectivity index (χ3n) is 3.46. The number of benzene rings is 1. The Morgan fingerprint density at radius 2 is 1.94 bits per heavy atom. The van der Waals surface area contributed by atoms with Gasteiger partial charge in [0.05, 0.1) is 4.90 Å². The van der Waals surface area contributed by atoms with Gasteiger partial charge in [-0.05, 0) is 17.7 Å². The molecule has 1 aliphatic carbocycles. The second-order valence-corrected chi connectivity index (χ2v) is 7.01. The van der Waals surface area contributed by atoms with Gasteiger partial charge in [-0.15, -0.1) is 0 Å². The molecule has 0 aromatic heterocycles. The van der Waals surface area contributed by atoms with Crippen LogP contribution in [0.1, 0.15) is 18.4 Å². The van der Waals surface area contributed by atoms with Crippen molar-refractivity contribution in [1.82, 2.24) is 0 Å². The second-order valence-electron chi connectivity index (χ2n) is 4.99. The summed E-state index contributed by atoms with van der Waals surface area (Å²) in [5.74, 6) is -2.69. The van der Waals surface area contributed by atoms with E-state index in [2.05, 4.69) is 0 Å². The van der Waals surface area contributed by atoms with Crippen LogP contribution >= 0.6 is 0 Å². The molecule has 0 atom stereocenters. The maximum Gasteiger partial charge on any atom is 0.250 e. The SMILES string of the molecule is CS(=O)(=O)c1cccc(C2(CN)CC(F)(F)C2)c1. The number of nitrogens with two attached hydrogens (primary N) is 1. The van der Waals surface area contributed by atoms with Crippen LogP contribution in [0.4, 0.5) is 8.78 Å². The summed E-state index contributed by atoms with van der Waals surface area (Å²) in [5, 5.41) is 0. The molecule has 3 nitrogen and oxygen atoms in total. The van der Waals surface area contributed by atoms with E-state index in [9.17, 15) is 17.2 Å². The normalized spacial score (nSPS) is 21.3. The van der Waals surface area contributed by atoms with Crippen molar-refractivity contribution in [2.45, 2.75) is 29.1 Å². The van der Waals surface area contributed by atoms with Crippen LogP contribution in [0.2, 0.25) is 0 Å². The maximum atomic E-state index is 13.1. The third kappa shape index (κ3) is 2.27. The number of rotatable bonds is 3. The molecule has 6 heteroatoms. The van der Waals surface area contributed by atoms with Crippen LogP contribution in [-0.4, -0.2) is 27.1 Å². The van der Waals surface area contributed by atoms with Crippen LogP contribution in [0.5, 0.6) is 0 Å². The van der Waals surface area contributed by atoms with E-state index >= 15 is 0 Å². The Kier molecular flexibility index (Phi) is 2.98. The van der Waals surface area contributed by atoms with Gasteiger partial charge in [-0.3, -0.25) is 0 Å². The molecule has 0 amide bonds. The van der Waals surface area contributed by atoms with Crippen molar-refractivity contribution in [2.75, 3.05) is 12.8 Å². The van der Waals surface area contributed by atoms with Gasteiger partial charge in [-0.2, -0.15) is 0 Å². The summed E-state index contributed by atoms with van der Waals surface area (Å²) in [7, 11) is -3.34. The minimum atomic E-state index is -3.34. The average molecular weight is 275 g/mol. The molecule has 2 N–H and O–H groups in total. The van der Waals surface area contributed by atoms with Gasteiger partial charge in [0.25, 0.3) is 0 Å². The van der Waals surface area contributed by atoms with E-state index in [-0.39, 0.29) is 24.3 Å². The topological polar surface area (TPSA) is 60.2 Å². The van der Waals surface area contributed by atoms with Crippen molar-refractivity contribution in [3.05, 3.63) is 29.8 Å². The van der Waals surface area contributed by atoms with Gasteiger partial charge in [0, 0.05) is 31.1 Å². The highest BCUT2D eigenvalue weighted by molar-refractivity contribution is 7.90. The van der Waals surface area contributed by atoms with Crippen LogP contribution < -0.4 is 5.73 Å². The Labute approximate surface area is 105 Å². The van der Waals surface area contributed by atoms with Gasteiger partial charge >= 0.3 is 0 Å². The standard InChI is InChI=1S/C12H15F2NO2S/c1-18(16,17)10-4-2-3-9(5-10)11(8-15)6-12(13,14)7-11/h2-5H,6-8,15H2,1H3. The van der Waals surface area contributed by atoms with Crippen molar-refractivity contribution in [3.63, 3.8) is 0 Å². The highest BCUT2D eigenvalue weighted by Crippen LogP contribution is 2.52. The molecule has 1 aliphatic rings. The summed E-state index contributed by atoms with van der Waals surface area (Å²) in [4.78, 5) is 0.142. The first-order valence-electron chi connectivity index (χ1n) is 5.57. The van der Waals surface area contributed by atoms with Crippen molar-refractivity contribution < 1.29 is 17.2 Å². The molecule has 0 spiro atoms. The van der Waals surface area contributed by atoms with E-state index in [1.54, 1.807) is 12.1 Å². The van der Waals surface area contributed by atoms with Gasteiger partial charge in [0.2, 0.25) is 5.92 Å². The molecule has 1 aromatic carbocycles. The number of halogens is 2. The number of alkyl halides is 2. The molecule has 0 aliphatic heterocycles. The molecule has 2 rings (SSSR count). The number of hydrogen-bond acceptors (Lipinski definition) is 3. The summed E-state index contributed by atoms with van der Waals surface area (Å²) in [6.07, 6.45) is 0.462. The van der Waals surface area contributed by atoms with E-state index in [0.29, 0.717) is 5.56 Å². The molecule has 1 aromatic rings. The fourth-order valence-electron chi connectivity index (χ4n) is 2.46. The van der Waals surface area contributed by atoms with Crippen molar-refractivity contribution >= 4 is 9.84 Å². The summed E-state index contributed by atoms with van der Waals surface area (Å²) in [6, 6.07) is 6.15. The molecular weight excluding hydrogens is 260 g/mol. The van der Waals surface area contributed by atoms with Crippen LogP contribution in [-0.2, 0) is 15.3 Å². The third-order valence-corrected chi connectivity index (χ3v) is 4.57.